The number of likely N-dealkylation sites (N-methyl/N-ethyl adjacent to an activating group) is 1. The predicted octanol–water partition coefficient (Wildman–Crippen LogP) is 2.96. The highest BCUT2D eigenvalue weighted by Crippen LogP contribution is 2.29. The lowest BCUT2D eigenvalue weighted by molar-refractivity contribution is -0.146. The number of ether oxygens (including phenoxy) is 2. The van der Waals surface area contributed by atoms with Crippen molar-refractivity contribution in [3.05, 3.63) is 0 Å². The third-order valence-electron chi connectivity index (χ3n) is 10.0. The SMILES string of the molecule is CCC.CCC(C)C(C(CC(=O)N1CCCC1C(OC)C(C)C(=O)NC(CC(C)C)C(=O)NO)OC)N(C)C(=O)CNC(=O)CN1CCCCC1. The molecule has 0 aromatic rings. The van der Waals surface area contributed by atoms with Crippen molar-refractivity contribution in [3.8, 4) is 0 Å². The molecule has 7 atom stereocenters. The van der Waals surface area contributed by atoms with Gasteiger partial charge in [-0.05, 0) is 57.0 Å². The standard InChI is InChI=1S/C34H62N6O8.C3H8/c1-9-23(4)31(38(6)30(43)20-35-28(41)21-39-15-11-10-12-16-39)27(47-7)19-29(42)40-17-13-14-26(40)32(48-8)24(5)33(44)36-25(18-22(2)3)34(45)37-46;1-3-2/h22-27,31-32,46H,9-21H2,1-8H3,(H,35,41)(H,36,44)(H,37,45);3H2,1-2H3. The number of nitrogens with zero attached hydrogens (tertiary/aromatic N) is 3. The fourth-order valence-corrected chi connectivity index (χ4v) is 7.08. The Kier molecular flexibility index (Phi) is 22.1. The predicted molar refractivity (Wildman–Crippen MR) is 197 cm³/mol. The van der Waals surface area contributed by atoms with Crippen LogP contribution in [0.3, 0.4) is 0 Å². The largest absolute Gasteiger partial charge is 0.379 e. The third-order valence-corrected chi connectivity index (χ3v) is 10.0. The van der Waals surface area contributed by atoms with Crippen molar-refractivity contribution >= 4 is 29.5 Å². The minimum absolute atomic E-state index is 0.000439. The number of carbonyl (C=O) groups is 5. The molecule has 2 heterocycles. The lowest BCUT2D eigenvalue weighted by Gasteiger charge is -2.39. The molecule has 2 aliphatic rings. The van der Waals surface area contributed by atoms with E-state index in [4.69, 9.17) is 9.47 Å². The van der Waals surface area contributed by atoms with Crippen LogP contribution in [0.25, 0.3) is 0 Å². The summed E-state index contributed by atoms with van der Waals surface area (Å²) in [6.45, 7) is 16.2. The first-order valence-corrected chi connectivity index (χ1v) is 19.0. The van der Waals surface area contributed by atoms with Gasteiger partial charge >= 0.3 is 0 Å². The number of hydrogen-bond donors (Lipinski definition) is 4. The Hall–Kier alpha value is -2.81. The van der Waals surface area contributed by atoms with Crippen LogP contribution in [-0.4, -0.2) is 134 Å². The average molecular weight is 727 g/mol. The fraction of sp³-hybridized carbons (Fsp3) is 0.865. The quantitative estimate of drug-likeness (QED) is 0.116. The Morgan fingerprint density at radius 2 is 1.53 bits per heavy atom. The van der Waals surface area contributed by atoms with Crippen LogP contribution < -0.4 is 16.1 Å². The molecular formula is C37H70N6O8. The van der Waals surface area contributed by atoms with Crippen LogP contribution in [0.15, 0.2) is 0 Å². The van der Waals surface area contributed by atoms with Gasteiger partial charge in [-0.3, -0.25) is 34.1 Å². The van der Waals surface area contributed by atoms with Crippen molar-refractivity contribution in [1.82, 2.24) is 30.8 Å². The lowest BCUT2D eigenvalue weighted by Crippen LogP contribution is -2.55. The molecule has 14 nitrogen and oxygen atoms in total. The van der Waals surface area contributed by atoms with Crippen molar-refractivity contribution in [2.24, 2.45) is 17.8 Å². The molecule has 0 bridgehead atoms. The molecule has 4 N–H and O–H groups in total. The average Bonchev–Trinajstić information content (AvgIpc) is 3.59. The molecule has 0 aliphatic carbocycles. The number of methoxy groups -OCH3 is 2. The van der Waals surface area contributed by atoms with Crippen molar-refractivity contribution in [2.45, 2.75) is 137 Å². The Balaban J connectivity index is 0.00000418. The molecule has 2 rings (SSSR count). The second-order valence-electron chi connectivity index (χ2n) is 14.6. The molecule has 0 aromatic heterocycles. The summed E-state index contributed by atoms with van der Waals surface area (Å²) in [5.41, 5.74) is 1.63. The second-order valence-corrected chi connectivity index (χ2v) is 14.6. The number of carbonyl (C=O) groups excluding carboxylic acids is 5. The van der Waals surface area contributed by atoms with E-state index in [1.807, 2.05) is 27.7 Å². The smallest absolute Gasteiger partial charge is 0.265 e. The molecule has 0 radical (unpaired) electrons. The van der Waals surface area contributed by atoms with Crippen LogP contribution in [0.4, 0.5) is 0 Å². The van der Waals surface area contributed by atoms with Gasteiger partial charge in [-0.2, -0.15) is 0 Å². The van der Waals surface area contributed by atoms with Crippen LogP contribution in [0, 0.1) is 17.8 Å². The number of nitrogens with one attached hydrogen (secondary N) is 3. The number of amides is 5. The summed E-state index contributed by atoms with van der Waals surface area (Å²) in [6.07, 6.45) is 5.80. The molecule has 7 unspecified atom stereocenters. The Labute approximate surface area is 307 Å². The van der Waals surface area contributed by atoms with Gasteiger partial charge in [-0.25, -0.2) is 5.48 Å². The highest BCUT2D eigenvalue weighted by Gasteiger charge is 2.42. The minimum atomic E-state index is -0.911. The van der Waals surface area contributed by atoms with Gasteiger partial charge in [0.05, 0.1) is 49.7 Å². The minimum Gasteiger partial charge on any atom is -0.379 e. The lowest BCUT2D eigenvalue weighted by atomic mass is 9.90. The molecule has 0 saturated carbocycles. The Bertz CT molecular complexity index is 1070. The van der Waals surface area contributed by atoms with Crippen LogP contribution >= 0.6 is 0 Å². The van der Waals surface area contributed by atoms with Crippen molar-refractivity contribution in [1.29, 1.82) is 0 Å². The zero-order valence-electron chi connectivity index (χ0n) is 33.2. The molecule has 51 heavy (non-hydrogen) atoms. The van der Waals surface area contributed by atoms with E-state index < -0.39 is 42.0 Å². The number of rotatable bonds is 19. The highest BCUT2D eigenvalue weighted by atomic mass is 16.5. The van der Waals surface area contributed by atoms with E-state index >= 15 is 0 Å². The maximum absolute atomic E-state index is 13.9. The van der Waals surface area contributed by atoms with Gasteiger partial charge in [0.2, 0.25) is 23.6 Å². The van der Waals surface area contributed by atoms with Crippen molar-refractivity contribution in [2.75, 3.05) is 54.0 Å². The molecule has 296 valence electrons. The summed E-state index contributed by atoms with van der Waals surface area (Å²) >= 11 is 0. The van der Waals surface area contributed by atoms with Crippen molar-refractivity contribution in [3.63, 3.8) is 0 Å². The number of hydrogen-bond acceptors (Lipinski definition) is 9. The van der Waals surface area contributed by atoms with E-state index in [1.165, 1.54) is 27.1 Å². The highest BCUT2D eigenvalue weighted by molar-refractivity contribution is 5.88. The summed E-state index contributed by atoms with van der Waals surface area (Å²) < 4.78 is 11.7. The molecule has 0 spiro atoms. The summed E-state index contributed by atoms with van der Waals surface area (Å²) in [4.78, 5) is 70.8. The number of hydroxylamine groups is 1. The fourth-order valence-electron chi connectivity index (χ4n) is 7.08. The number of piperidine rings is 1. The third kappa shape index (κ3) is 15.0. The van der Waals surface area contributed by atoms with Crippen LogP contribution in [0.2, 0.25) is 0 Å². The van der Waals surface area contributed by atoms with Crippen LogP contribution in [-0.2, 0) is 33.4 Å². The normalized spacial score (nSPS) is 19.8. The monoisotopic (exact) mass is 727 g/mol. The topological polar surface area (TPSA) is 170 Å². The summed E-state index contributed by atoms with van der Waals surface area (Å²) in [6, 6.07) is -1.71. The maximum atomic E-state index is 13.9. The van der Waals surface area contributed by atoms with Gasteiger partial charge < -0.3 is 29.9 Å². The van der Waals surface area contributed by atoms with Gasteiger partial charge in [0.15, 0.2) is 0 Å². The first-order valence-electron chi connectivity index (χ1n) is 19.0. The Morgan fingerprint density at radius 3 is 2.06 bits per heavy atom. The van der Waals surface area contributed by atoms with Crippen molar-refractivity contribution < 1.29 is 38.7 Å². The zero-order chi connectivity index (χ0) is 38.7. The van der Waals surface area contributed by atoms with Gasteiger partial charge in [0.25, 0.3) is 5.91 Å². The summed E-state index contributed by atoms with van der Waals surface area (Å²) in [5, 5.41) is 14.7. The summed E-state index contributed by atoms with van der Waals surface area (Å²) in [7, 11) is 4.73. The first kappa shape index (κ1) is 46.2. The van der Waals surface area contributed by atoms with Gasteiger partial charge in [-0.15, -0.1) is 0 Å². The molecule has 2 aliphatic heterocycles. The zero-order valence-corrected chi connectivity index (χ0v) is 33.2. The van der Waals surface area contributed by atoms with E-state index in [9.17, 15) is 29.2 Å². The second kappa shape index (κ2) is 24.4. The molecule has 5 amide bonds. The maximum Gasteiger partial charge on any atom is 0.265 e. The van der Waals surface area contributed by atoms with E-state index in [0.29, 0.717) is 19.4 Å². The van der Waals surface area contributed by atoms with E-state index in [-0.39, 0.29) is 55.1 Å². The molecule has 14 heteroatoms. The van der Waals surface area contributed by atoms with Gasteiger partial charge in [0.1, 0.15) is 6.04 Å². The molecular weight excluding hydrogens is 656 g/mol. The van der Waals surface area contributed by atoms with E-state index in [2.05, 4.69) is 29.4 Å². The van der Waals surface area contributed by atoms with E-state index in [1.54, 1.807) is 29.3 Å². The molecule has 2 fully saturated rings. The molecule has 2 saturated heterocycles. The summed E-state index contributed by atoms with van der Waals surface area (Å²) in [5.74, 6) is -2.32. The molecule has 0 aromatic carbocycles. The van der Waals surface area contributed by atoms with Crippen LogP contribution in [0.5, 0.6) is 0 Å². The first-order chi connectivity index (χ1) is 24.2. The van der Waals surface area contributed by atoms with Gasteiger partial charge in [0, 0.05) is 27.8 Å². The number of likely N-dealkylation sites (tertiary alicyclic amines) is 2. The van der Waals surface area contributed by atoms with Gasteiger partial charge in [-0.1, -0.05) is 67.7 Å². The Morgan fingerprint density at radius 1 is 0.902 bits per heavy atom. The van der Waals surface area contributed by atoms with E-state index in [0.717, 1.165) is 38.8 Å². The van der Waals surface area contributed by atoms with Crippen LogP contribution in [0.1, 0.15) is 106 Å².